The molecular weight excluding hydrogens is 930 g/mol. The Labute approximate surface area is 406 Å². The number of aryl methyl sites for hydroxylation is 1. The number of halogens is 3. The van der Waals surface area contributed by atoms with Gasteiger partial charge in [-0.05, 0) is 116 Å². The number of alkyl halides is 3. The molecule has 3 unspecified atom stereocenters. The van der Waals surface area contributed by atoms with E-state index in [2.05, 4.69) is 39.1 Å². The Hall–Kier alpha value is -7.24. The monoisotopic (exact) mass is 976 g/mol. The zero-order chi connectivity index (χ0) is 49.6. The van der Waals surface area contributed by atoms with Crippen molar-refractivity contribution in [2.45, 2.75) is 77.2 Å². The van der Waals surface area contributed by atoms with Crippen LogP contribution in [0.2, 0.25) is 0 Å². The molecule has 0 aliphatic carbocycles. The zero-order valence-electron chi connectivity index (χ0n) is 38.2. The summed E-state index contributed by atoms with van der Waals surface area (Å²) in [6.45, 7) is 7.19. The fourth-order valence-electron chi connectivity index (χ4n) is 8.08. The summed E-state index contributed by atoms with van der Waals surface area (Å²) in [6, 6.07) is 17.9. The zero-order valence-corrected chi connectivity index (χ0v) is 39.8. The van der Waals surface area contributed by atoms with E-state index >= 15 is 0 Å². The number of β-amino-alcohol motifs (C(OH)–C–C–N with tert-alkyl or cyclic N) is 1. The Kier molecular flexibility index (Phi) is 15.1. The van der Waals surface area contributed by atoms with Crippen LogP contribution < -0.4 is 24.6 Å². The van der Waals surface area contributed by atoms with Crippen LogP contribution >= 0.6 is 23.6 Å². The molecular formula is C50H47F3N8O6S2. The summed E-state index contributed by atoms with van der Waals surface area (Å²) in [4.78, 5) is 50.6. The molecule has 2 aliphatic rings. The van der Waals surface area contributed by atoms with E-state index in [4.69, 9.17) is 21.7 Å². The van der Waals surface area contributed by atoms with Gasteiger partial charge in [-0.1, -0.05) is 38.1 Å². The first-order chi connectivity index (χ1) is 32.9. The molecule has 0 radical (unpaired) electrons. The van der Waals surface area contributed by atoms with Crippen LogP contribution in [0.15, 0.2) is 84.6 Å². The van der Waals surface area contributed by atoms with E-state index in [-0.39, 0.29) is 61.3 Å². The van der Waals surface area contributed by atoms with E-state index in [1.54, 1.807) is 72.1 Å². The van der Waals surface area contributed by atoms with Crippen molar-refractivity contribution in [3.05, 3.63) is 107 Å². The second kappa shape index (κ2) is 21.0. The van der Waals surface area contributed by atoms with Crippen LogP contribution in [-0.2, 0) is 26.9 Å². The number of carbonyl (C=O) groups is 3. The van der Waals surface area contributed by atoms with Crippen LogP contribution in [0.4, 0.5) is 24.5 Å². The maximum atomic E-state index is 14.4. The molecule has 3 aromatic carbocycles. The minimum Gasteiger partial charge on any atom is -0.481 e. The quantitative estimate of drug-likeness (QED) is 0.0812. The number of aliphatic hydroxyl groups is 1. The van der Waals surface area contributed by atoms with Gasteiger partial charge < -0.3 is 29.7 Å². The molecule has 5 aromatic rings. The lowest BCUT2D eigenvalue weighted by molar-refractivity contribution is -0.142. The van der Waals surface area contributed by atoms with Gasteiger partial charge in [-0.25, -0.2) is 9.37 Å². The number of hydrogen-bond donors (Lipinski definition) is 2. The molecule has 2 aliphatic heterocycles. The first-order valence-electron chi connectivity index (χ1n) is 21.7. The van der Waals surface area contributed by atoms with Crippen LogP contribution in [0, 0.1) is 47.9 Å². The SMILES string of the molecule is Cc1ncsc1-c1ccc(CNC(=O)C2CC(O)CN2C(=O)C(C(C)C)n2cc(OCC#CC#CCOc3ccc(N4C(=S)N(c5ccc(C#N)c(C(F)(F)CF)c5)C(=O)C4(C)C)cc3)cn2)cc1. The molecule has 4 heterocycles. The van der Waals surface area contributed by atoms with Gasteiger partial charge in [0, 0.05) is 30.8 Å². The molecule has 2 fully saturated rings. The number of anilines is 2. The molecule has 3 atom stereocenters. The van der Waals surface area contributed by atoms with Gasteiger partial charge >= 0.3 is 5.92 Å². The van der Waals surface area contributed by atoms with Crippen molar-refractivity contribution in [3.8, 4) is 51.7 Å². The first kappa shape index (κ1) is 49.7. The van der Waals surface area contributed by atoms with Gasteiger partial charge in [0.25, 0.3) is 5.91 Å². The summed E-state index contributed by atoms with van der Waals surface area (Å²) in [6.07, 6.45) is 2.32. The molecule has 2 N–H and O–H groups in total. The van der Waals surface area contributed by atoms with Crippen LogP contribution in [0.3, 0.4) is 0 Å². The van der Waals surface area contributed by atoms with E-state index in [9.17, 15) is 37.9 Å². The number of aromatic nitrogens is 3. The number of nitrogens with zero attached hydrogens (tertiary/aromatic N) is 7. The van der Waals surface area contributed by atoms with E-state index < -0.39 is 53.4 Å². The summed E-state index contributed by atoms with van der Waals surface area (Å²) in [7, 11) is 0. The van der Waals surface area contributed by atoms with E-state index in [1.807, 2.05) is 45.0 Å². The number of likely N-dealkylation sites (tertiary alicyclic amines) is 1. The normalized spacial score (nSPS) is 16.9. The molecule has 0 bridgehead atoms. The number of carbonyl (C=O) groups excluding carboxylic acids is 3. The number of ether oxygens (including phenoxy) is 2. The summed E-state index contributed by atoms with van der Waals surface area (Å²) in [5.41, 5.74) is 2.71. The van der Waals surface area contributed by atoms with Crippen LogP contribution in [-0.4, -0.2) is 91.7 Å². The van der Waals surface area contributed by atoms with Crippen molar-refractivity contribution >= 4 is 57.8 Å². The van der Waals surface area contributed by atoms with Gasteiger partial charge in [-0.3, -0.25) is 24.0 Å². The van der Waals surface area contributed by atoms with Gasteiger partial charge in [0.05, 0.1) is 51.9 Å². The number of nitrogens with one attached hydrogen (secondary N) is 1. The summed E-state index contributed by atoms with van der Waals surface area (Å²) in [5, 5.41) is 27.2. The van der Waals surface area contributed by atoms with Crippen molar-refractivity contribution in [3.63, 3.8) is 0 Å². The Morgan fingerprint density at radius 2 is 1.70 bits per heavy atom. The first-order valence-corrected chi connectivity index (χ1v) is 23.0. The fraction of sp³-hybridized carbons (Fsp3) is 0.340. The second-order valence-corrected chi connectivity index (χ2v) is 18.3. The van der Waals surface area contributed by atoms with E-state index in [0.717, 1.165) is 38.7 Å². The largest absolute Gasteiger partial charge is 0.481 e. The minimum absolute atomic E-state index is 0.00248. The Balaban J connectivity index is 0.892. The van der Waals surface area contributed by atoms with Gasteiger partial charge in [0.15, 0.2) is 17.5 Å². The summed E-state index contributed by atoms with van der Waals surface area (Å²) in [5.74, 6) is 6.46. The lowest BCUT2D eigenvalue weighted by Gasteiger charge is -2.30. The molecule has 0 spiro atoms. The van der Waals surface area contributed by atoms with Crippen LogP contribution in [0.5, 0.6) is 11.5 Å². The lowest BCUT2D eigenvalue weighted by atomic mass is 10.0. The van der Waals surface area contributed by atoms with Crippen molar-refractivity contribution < 1.29 is 42.1 Å². The number of amides is 3. The molecule has 356 valence electrons. The Bertz CT molecular complexity index is 2910. The molecule has 2 saturated heterocycles. The third-order valence-electron chi connectivity index (χ3n) is 11.6. The molecule has 19 heteroatoms. The Morgan fingerprint density at radius 3 is 2.32 bits per heavy atom. The van der Waals surface area contributed by atoms with E-state index in [1.165, 1.54) is 21.8 Å². The molecule has 14 nitrogen and oxygen atoms in total. The average Bonchev–Trinajstić information content (AvgIpc) is 4.12. The number of rotatable bonds is 15. The van der Waals surface area contributed by atoms with Gasteiger partial charge in [-0.2, -0.15) is 19.1 Å². The third-order valence-corrected chi connectivity index (χ3v) is 13.0. The topological polar surface area (TPSA) is 166 Å². The maximum absolute atomic E-state index is 14.4. The number of benzene rings is 3. The summed E-state index contributed by atoms with van der Waals surface area (Å²) < 4.78 is 55.1. The molecule has 3 amide bonds. The number of nitriles is 1. The highest BCUT2D eigenvalue weighted by Crippen LogP contribution is 2.40. The minimum atomic E-state index is -3.94. The number of hydrogen-bond acceptors (Lipinski definition) is 11. The summed E-state index contributed by atoms with van der Waals surface area (Å²) >= 11 is 7.22. The third kappa shape index (κ3) is 10.7. The number of aliphatic hydroxyl groups excluding tert-OH is 1. The van der Waals surface area contributed by atoms with Crippen LogP contribution in [0.25, 0.3) is 10.4 Å². The predicted octanol–water partition coefficient (Wildman–Crippen LogP) is 7.10. The molecule has 69 heavy (non-hydrogen) atoms. The van der Waals surface area contributed by atoms with Crippen molar-refractivity contribution in [1.29, 1.82) is 5.26 Å². The highest BCUT2D eigenvalue weighted by molar-refractivity contribution is 7.81. The average molecular weight is 977 g/mol. The highest BCUT2D eigenvalue weighted by atomic mass is 32.1. The standard InChI is InChI=1S/C50H47F3N8O6S2/c1-31(2)43(46(64)58-27-38(62)23-42(58)45(63)55-25-33-10-12-34(13-11-33)44-32(3)56-30-69-44)59-28-40(26-57-59)67-21-9-7-6-8-20-66-39-18-16-36(17-19-39)61-48(68)60(47(65)49(61,4)5)37-15-14-35(24-54)41(22-37)50(52,53)29-51/h10-19,22,26,28,30-31,38,42-43,62H,20-21,23,25,27,29H2,1-5H3,(H,55,63). The second-order valence-electron chi connectivity index (χ2n) is 17.1. The van der Waals surface area contributed by atoms with Crippen molar-refractivity contribution in [2.75, 3.05) is 36.2 Å². The fourth-order valence-corrected chi connectivity index (χ4v) is 9.41. The lowest BCUT2D eigenvalue weighted by Crippen LogP contribution is -2.49. The van der Waals surface area contributed by atoms with Crippen LogP contribution in [0.1, 0.15) is 62.5 Å². The van der Waals surface area contributed by atoms with E-state index in [0.29, 0.717) is 17.2 Å². The van der Waals surface area contributed by atoms with Gasteiger partial charge in [-0.15, -0.1) is 11.3 Å². The molecule has 2 aromatic heterocycles. The maximum Gasteiger partial charge on any atom is 0.302 e. The number of thiazole rings is 1. The highest BCUT2D eigenvalue weighted by Gasteiger charge is 2.51. The van der Waals surface area contributed by atoms with Crippen molar-refractivity contribution in [1.82, 2.24) is 25.0 Å². The Morgan fingerprint density at radius 1 is 1.03 bits per heavy atom. The molecule has 0 saturated carbocycles. The number of thiocarbonyl (C=S) groups is 1. The van der Waals surface area contributed by atoms with Gasteiger partial charge in [0.2, 0.25) is 11.8 Å². The molecule has 7 rings (SSSR count). The predicted molar refractivity (Wildman–Crippen MR) is 257 cm³/mol. The smallest absolute Gasteiger partial charge is 0.302 e. The van der Waals surface area contributed by atoms with Gasteiger partial charge in [0.1, 0.15) is 36.6 Å². The van der Waals surface area contributed by atoms with Crippen molar-refractivity contribution in [2.24, 2.45) is 5.92 Å².